The van der Waals surface area contributed by atoms with Gasteiger partial charge in [0, 0.05) is 6.04 Å². The minimum absolute atomic E-state index is 0.0626. The second-order valence-electron chi connectivity index (χ2n) is 5.11. The third kappa shape index (κ3) is 3.89. The summed E-state index contributed by atoms with van der Waals surface area (Å²) in [5.41, 5.74) is 0.604. The number of halogens is 2. The zero-order valence-electron chi connectivity index (χ0n) is 12.4. The summed E-state index contributed by atoms with van der Waals surface area (Å²) in [6, 6.07) is 12.4. The first kappa shape index (κ1) is 16.1. The van der Waals surface area contributed by atoms with Crippen LogP contribution in [0, 0.1) is 11.6 Å². The van der Waals surface area contributed by atoms with E-state index in [9.17, 15) is 13.6 Å². The third-order valence-corrected chi connectivity index (χ3v) is 3.40. The van der Waals surface area contributed by atoms with Crippen LogP contribution in [0.15, 0.2) is 48.5 Å². The Balaban J connectivity index is 2.01. The molecule has 3 nitrogen and oxygen atoms in total. The van der Waals surface area contributed by atoms with E-state index in [2.05, 4.69) is 10.6 Å². The van der Waals surface area contributed by atoms with Crippen molar-refractivity contribution in [3.05, 3.63) is 65.7 Å². The van der Waals surface area contributed by atoms with Crippen LogP contribution in [0.25, 0.3) is 0 Å². The van der Waals surface area contributed by atoms with Gasteiger partial charge in [-0.05, 0) is 31.5 Å². The zero-order valence-corrected chi connectivity index (χ0v) is 12.4. The quantitative estimate of drug-likeness (QED) is 0.885. The van der Waals surface area contributed by atoms with Crippen LogP contribution in [-0.2, 0) is 4.79 Å². The molecule has 0 saturated carbocycles. The number of para-hydroxylation sites is 1. The minimum atomic E-state index is -0.795. The van der Waals surface area contributed by atoms with E-state index in [1.54, 1.807) is 6.92 Å². The number of amides is 1. The molecule has 2 atom stereocenters. The lowest BCUT2D eigenvalue weighted by Crippen LogP contribution is -2.39. The van der Waals surface area contributed by atoms with Gasteiger partial charge in [-0.1, -0.05) is 36.4 Å². The first-order chi connectivity index (χ1) is 10.5. The molecule has 0 radical (unpaired) electrons. The lowest BCUT2D eigenvalue weighted by molar-refractivity contribution is -0.118. The Hall–Kier alpha value is -2.27. The van der Waals surface area contributed by atoms with Crippen LogP contribution in [0.4, 0.5) is 14.5 Å². The van der Waals surface area contributed by atoms with E-state index < -0.39 is 29.3 Å². The Morgan fingerprint density at radius 2 is 1.55 bits per heavy atom. The highest BCUT2D eigenvalue weighted by molar-refractivity contribution is 5.94. The van der Waals surface area contributed by atoms with E-state index in [1.165, 1.54) is 6.07 Å². The molecule has 0 aliphatic rings. The van der Waals surface area contributed by atoms with Gasteiger partial charge in [-0.2, -0.15) is 0 Å². The maximum absolute atomic E-state index is 13.5. The van der Waals surface area contributed by atoms with Gasteiger partial charge in [-0.3, -0.25) is 10.1 Å². The molecule has 0 bridgehead atoms. The predicted octanol–water partition coefficient (Wildman–Crippen LogP) is 3.64. The van der Waals surface area contributed by atoms with Gasteiger partial charge in [0.05, 0.1) is 6.04 Å². The largest absolute Gasteiger partial charge is 0.320 e. The van der Waals surface area contributed by atoms with Gasteiger partial charge < -0.3 is 5.32 Å². The van der Waals surface area contributed by atoms with Crippen LogP contribution in [0.5, 0.6) is 0 Å². The number of carbonyl (C=O) groups excluding carboxylic acids is 1. The van der Waals surface area contributed by atoms with E-state index in [-0.39, 0.29) is 6.04 Å². The summed E-state index contributed by atoms with van der Waals surface area (Å²) in [7, 11) is 0. The normalized spacial score (nSPS) is 13.5. The summed E-state index contributed by atoms with van der Waals surface area (Å²) in [4.78, 5) is 12.1. The molecule has 22 heavy (non-hydrogen) atoms. The molecule has 0 saturated heterocycles. The van der Waals surface area contributed by atoms with Crippen LogP contribution in [-0.4, -0.2) is 11.9 Å². The van der Waals surface area contributed by atoms with Crippen molar-refractivity contribution < 1.29 is 13.6 Å². The summed E-state index contributed by atoms with van der Waals surface area (Å²) < 4.78 is 27.1. The number of hydrogen-bond acceptors (Lipinski definition) is 2. The first-order valence-corrected chi connectivity index (χ1v) is 7.05. The lowest BCUT2D eigenvalue weighted by Gasteiger charge is -2.20. The number of hydrogen-bond donors (Lipinski definition) is 2. The fourth-order valence-electron chi connectivity index (χ4n) is 2.14. The Kier molecular flexibility index (Phi) is 5.22. The van der Waals surface area contributed by atoms with Gasteiger partial charge in [0.1, 0.15) is 17.3 Å². The van der Waals surface area contributed by atoms with E-state index >= 15 is 0 Å². The van der Waals surface area contributed by atoms with Crippen molar-refractivity contribution in [2.45, 2.75) is 25.9 Å². The second-order valence-corrected chi connectivity index (χ2v) is 5.11. The van der Waals surface area contributed by atoms with E-state index in [0.717, 1.165) is 17.7 Å². The number of carbonyl (C=O) groups is 1. The average molecular weight is 304 g/mol. The van der Waals surface area contributed by atoms with E-state index in [0.29, 0.717) is 0 Å². The molecule has 2 rings (SSSR count). The molecule has 0 aliphatic heterocycles. The lowest BCUT2D eigenvalue weighted by atomic mass is 10.1. The molecule has 0 heterocycles. The van der Waals surface area contributed by atoms with Gasteiger partial charge in [-0.25, -0.2) is 8.78 Å². The standard InChI is InChI=1S/C17H18F2N2O/c1-11(13-7-4-3-5-8-13)20-12(2)17(22)21-16-14(18)9-6-10-15(16)19/h3-12,20H,1-2H3,(H,21,22)/t11-,12-/m0/s1. The van der Waals surface area contributed by atoms with Crippen molar-refractivity contribution in [2.24, 2.45) is 0 Å². The van der Waals surface area contributed by atoms with Crippen LogP contribution in [0.2, 0.25) is 0 Å². The number of benzene rings is 2. The van der Waals surface area contributed by atoms with Crippen LogP contribution >= 0.6 is 0 Å². The summed E-state index contributed by atoms with van der Waals surface area (Å²) in [5.74, 6) is -2.08. The summed E-state index contributed by atoms with van der Waals surface area (Å²) in [6.07, 6.45) is 0. The van der Waals surface area contributed by atoms with Gasteiger partial charge in [0.25, 0.3) is 0 Å². The SMILES string of the molecule is C[C@H](N[C@@H](C)c1ccccc1)C(=O)Nc1c(F)cccc1F. The van der Waals surface area contributed by atoms with Gasteiger partial charge in [0.15, 0.2) is 0 Å². The maximum atomic E-state index is 13.5. The Bertz CT molecular complexity index is 626. The highest BCUT2D eigenvalue weighted by atomic mass is 19.1. The van der Waals surface area contributed by atoms with Crippen molar-refractivity contribution in [1.82, 2.24) is 5.32 Å². The number of nitrogens with one attached hydrogen (secondary N) is 2. The topological polar surface area (TPSA) is 41.1 Å². The first-order valence-electron chi connectivity index (χ1n) is 7.05. The van der Waals surface area contributed by atoms with Gasteiger partial charge >= 0.3 is 0 Å². The van der Waals surface area contributed by atoms with Crippen LogP contribution in [0.1, 0.15) is 25.5 Å². The second kappa shape index (κ2) is 7.13. The Labute approximate surface area is 128 Å². The molecule has 2 aromatic rings. The molecule has 0 aliphatic carbocycles. The smallest absolute Gasteiger partial charge is 0.241 e. The average Bonchev–Trinajstić information content (AvgIpc) is 2.51. The maximum Gasteiger partial charge on any atom is 0.241 e. The summed E-state index contributed by atoms with van der Waals surface area (Å²) in [5, 5.41) is 5.38. The van der Waals surface area contributed by atoms with Crippen molar-refractivity contribution >= 4 is 11.6 Å². The molecule has 0 unspecified atom stereocenters. The van der Waals surface area contributed by atoms with E-state index in [4.69, 9.17) is 0 Å². The number of anilines is 1. The van der Waals surface area contributed by atoms with Crippen LogP contribution < -0.4 is 10.6 Å². The molecule has 0 spiro atoms. The Morgan fingerprint density at radius 1 is 0.955 bits per heavy atom. The fourth-order valence-corrected chi connectivity index (χ4v) is 2.14. The highest BCUT2D eigenvalue weighted by Gasteiger charge is 2.19. The third-order valence-electron chi connectivity index (χ3n) is 3.40. The Morgan fingerprint density at radius 3 is 2.14 bits per heavy atom. The monoisotopic (exact) mass is 304 g/mol. The predicted molar refractivity (Wildman–Crippen MR) is 82.4 cm³/mol. The summed E-state index contributed by atoms with van der Waals surface area (Å²) in [6.45, 7) is 3.57. The molecule has 2 N–H and O–H groups in total. The minimum Gasteiger partial charge on any atom is -0.320 e. The van der Waals surface area contributed by atoms with Gasteiger partial charge in [0.2, 0.25) is 5.91 Å². The van der Waals surface area contributed by atoms with E-state index in [1.807, 2.05) is 37.3 Å². The van der Waals surface area contributed by atoms with Crippen molar-refractivity contribution in [1.29, 1.82) is 0 Å². The molecular formula is C17H18F2N2O. The molecule has 5 heteroatoms. The van der Waals surface area contributed by atoms with Crippen molar-refractivity contribution in [3.63, 3.8) is 0 Å². The molecule has 116 valence electrons. The molecule has 2 aromatic carbocycles. The molecular weight excluding hydrogens is 286 g/mol. The number of rotatable bonds is 5. The van der Waals surface area contributed by atoms with Crippen LogP contribution in [0.3, 0.4) is 0 Å². The van der Waals surface area contributed by atoms with Crippen molar-refractivity contribution in [2.75, 3.05) is 5.32 Å². The fraction of sp³-hybridized carbons (Fsp3) is 0.235. The van der Waals surface area contributed by atoms with Crippen molar-refractivity contribution in [3.8, 4) is 0 Å². The molecule has 0 aromatic heterocycles. The highest BCUT2D eigenvalue weighted by Crippen LogP contribution is 2.18. The summed E-state index contributed by atoms with van der Waals surface area (Å²) >= 11 is 0. The zero-order chi connectivity index (χ0) is 16.1. The van der Waals surface area contributed by atoms with Gasteiger partial charge in [-0.15, -0.1) is 0 Å². The molecule has 1 amide bonds. The molecule has 0 fully saturated rings.